The van der Waals surface area contributed by atoms with Crippen molar-refractivity contribution < 1.29 is 0 Å². The van der Waals surface area contributed by atoms with Crippen molar-refractivity contribution in [3.05, 3.63) is 51.7 Å². The Kier molecular flexibility index (Phi) is 3.65. The molecule has 0 saturated heterocycles. The van der Waals surface area contributed by atoms with E-state index in [9.17, 15) is 0 Å². The van der Waals surface area contributed by atoms with Crippen molar-refractivity contribution in [2.24, 2.45) is 5.10 Å². The number of benzene rings is 1. The molecule has 0 bridgehead atoms. The molecule has 2 aromatic rings. The SMILES string of the molecule is Cc1cc2c(s1)CCCC/C2=N\Nc1ccccc1. The lowest BCUT2D eigenvalue weighted by Crippen LogP contribution is -2.03. The number of rotatable bonds is 2. The van der Waals surface area contributed by atoms with E-state index >= 15 is 0 Å². The summed E-state index contributed by atoms with van der Waals surface area (Å²) in [5, 5.41) is 4.64. The zero-order valence-corrected chi connectivity index (χ0v) is 12.0. The number of nitrogens with one attached hydrogen (secondary N) is 1. The van der Waals surface area contributed by atoms with E-state index < -0.39 is 0 Å². The van der Waals surface area contributed by atoms with Gasteiger partial charge in [0.25, 0.3) is 0 Å². The lowest BCUT2D eigenvalue weighted by Gasteiger charge is -2.05. The molecule has 0 fully saturated rings. The van der Waals surface area contributed by atoms with Gasteiger partial charge in [-0.15, -0.1) is 11.3 Å². The highest BCUT2D eigenvalue weighted by atomic mass is 32.1. The summed E-state index contributed by atoms with van der Waals surface area (Å²) in [6.07, 6.45) is 4.79. The van der Waals surface area contributed by atoms with Gasteiger partial charge in [0.1, 0.15) is 0 Å². The first-order valence-corrected chi connectivity index (χ1v) is 7.62. The molecule has 0 amide bonds. The molecule has 0 spiro atoms. The second-order valence-electron chi connectivity index (χ2n) is 4.94. The molecule has 19 heavy (non-hydrogen) atoms. The molecule has 98 valence electrons. The smallest absolute Gasteiger partial charge is 0.0690 e. The Bertz CT molecular complexity index is 584. The third-order valence-electron chi connectivity index (χ3n) is 3.40. The van der Waals surface area contributed by atoms with Crippen molar-refractivity contribution in [1.29, 1.82) is 0 Å². The van der Waals surface area contributed by atoms with Crippen LogP contribution in [0.15, 0.2) is 41.5 Å². The maximum Gasteiger partial charge on any atom is 0.0690 e. The molecule has 0 saturated carbocycles. The number of hydrogen-bond donors (Lipinski definition) is 1. The monoisotopic (exact) mass is 270 g/mol. The number of hydrazone groups is 1. The highest BCUT2D eigenvalue weighted by Gasteiger charge is 2.16. The van der Waals surface area contributed by atoms with E-state index in [2.05, 4.69) is 23.5 Å². The minimum atomic E-state index is 1.05. The summed E-state index contributed by atoms with van der Waals surface area (Å²) in [6.45, 7) is 2.18. The number of nitrogens with zero attached hydrogens (tertiary/aromatic N) is 1. The van der Waals surface area contributed by atoms with Crippen LogP contribution in [0.3, 0.4) is 0 Å². The highest BCUT2D eigenvalue weighted by Crippen LogP contribution is 2.29. The summed E-state index contributed by atoms with van der Waals surface area (Å²) < 4.78 is 0. The lowest BCUT2D eigenvalue weighted by molar-refractivity contribution is 0.781. The molecule has 1 aliphatic carbocycles. The van der Waals surface area contributed by atoms with Crippen LogP contribution in [0, 0.1) is 6.92 Å². The van der Waals surface area contributed by atoms with Gasteiger partial charge in [-0.1, -0.05) is 18.2 Å². The molecule has 1 aromatic carbocycles. The maximum atomic E-state index is 4.64. The normalized spacial score (nSPS) is 17.0. The topological polar surface area (TPSA) is 24.4 Å². The standard InChI is InChI=1S/C16H18N2S/c1-12-11-14-15(9-5-6-10-16(14)19-12)18-17-13-7-3-2-4-8-13/h2-4,7-8,11,17H,5-6,9-10H2,1H3/b18-15+. The molecule has 0 aliphatic heterocycles. The first-order chi connectivity index (χ1) is 9.33. The summed E-state index contributed by atoms with van der Waals surface area (Å²) in [5.74, 6) is 0. The summed E-state index contributed by atoms with van der Waals surface area (Å²) in [6, 6.07) is 12.4. The van der Waals surface area contributed by atoms with Gasteiger partial charge in [0.05, 0.1) is 11.4 Å². The van der Waals surface area contributed by atoms with E-state index in [1.165, 1.54) is 40.3 Å². The van der Waals surface area contributed by atoms with Crippen molar-refractivity contribution in [3.63, 3.8) is 0 Å². The summed E-state index contributed by atoms with van der Waals surface area (Å²) in [5.41, 5.74) is 6.81. The molecule has 1 aliphatic rings. The van der Waals surface area contributed by atoms with Crippen molar-refractivity contribution >= 4 is 22.7 Å². The fourth-order valence-electron chi connectivity index (χ4n) is 2.47. The molecule has 3 heteroatoms. The number of para-hydroxylation sites is 1. The number of fused-ring (bicyclic) bond motifs is 1. The number of anilines is 1. The minimum absolute atomic E-state index is 1.05. The molecule has 0 unspecified atom stereocenters. The number of aryl methyl sites for hydroxylation is 2. The zero-order chi connectivity index (χ0) is 13.1. The van der Waals surface area contributed by atoms with Crippen LogP contribution < -0.4 is 5.43 Å². The summed E-state index contributed by atoms with van der Waals surface area (Å²) in [4.78, 5) is 2.89. The quantitative estimate of drug-likeness (QED) is 0.626. The van der Waals surface area contributed by atoms with E-state index in [-0.39, 0.29) is 0 Å². The Morgan fingerprint density at radius 1 is 1.11 bits per heavy atom. The van der Waals surface area contributed by atoms with Crippen LogP contribution in [-0.2, 0) is 6.42 Å². The van der Waals surface area contributed by atoms with Crippen molar-refractivity contribution in [2.75, 3.05) is 5.43 Å². The van der Waals surface area contributed by atoms with Gasteiger partial charge in [0, 0.05) is 15.3 Å². The minimum Gasteiger partial charge on any atom is -0.278 e. The number of hydrogen-bond acceptors (Lipinski definition) is 3. The van der Waals surface area contributed by atoms with Crippen LogP contribution in [0.2, 0.25) is 0 Å². The van der Waals surface area contributed by atoms with Crippen LogP contribution in [0.5, 0.6) is 0 Å². The van der Waals surface area contributed by atoms with Gasteiger partial charge < -0.3 is 0 Å². The molecule has 0 radical (unpaired) electrons. The third-order valence-corrected chi connectivity index (χ3v) is 4.51. The summed E-state index contributed by atoms with van der Waals surface area (Å²) >= 11 is 1.92. The molecular formula is C16H18N2S. The largest absolute Gasteiger partial charge is 0.278 e. The number of thiophene rings is 1. The highest BCUT2D eigenvalue weighted by molar-refractivity contribution is 7.12. The van der Waals surface area contributed by atoms with Gasteiger partial charge in [-0.3, -0.25) is 5.43 Å². The van der Waals surface area contributed by atoms with Gasteiger partial charge in [-0.05, 0) is 50.8 Å². The van der Waals surface area contributed by atoms with Crippen LogP contribution in [0.4, 0.5) is 5.69 Å². The van der Waals surface area contributed by atoms with Crippen LogP contribution in [0.1, 0.15) is 34.6 Å². The van der Waals surface area contributed by atoms with Gasteiger partial charge in [0.2, 0.25) is 0 Å². The van der Waals surface area contributed by atoms with Gasteiger partial charge in [-0.25, -0.2) is 0 Å². The molecule has 1 aromatic heterocycles. The molecule has 3 rings (SSSR count). The Morgan fingerprint density at radius 2 is 1.89 bits per heavy atom. The molecule has 1 heterocycles. The van der Waals surface area contributed by atoms with E-state index in [0.717, 1.165) is 12.1 Å². The predicted octanol–water partition coefficient (Wildman–Crippen LogP) is 4.60. The fourth-order valence-corrected chi connectivity index (χ4v) is 3.56. The molecule has 1 N–H and O–H groups in total. The first kappa shape index (κ1) is 12.4. The maximum absolute atomic E-state index is 4.64. The molecule has 0 atom stereocenters. The predicted molar refractivity (Wildman–Crippen MR) is 83.2 cm³/mol. The second-order valence-corrected chi connectivity index (χ2v) is 6.28. The molecule has 2 nitrogen and oxygen atoms in total. The zero-order valence-electron chi connectivity index (χ0n) is 11.1. The van der Waals surface area contributed by atoms with Crippen molar-refractivity contribution in [2.45, 2.75) is 32.6 Å². The Hall–Kier alpha value is -1.61. The molecular weight excluding hydrogens is 252 g/mol. The van der Waals surface area contributed by atoms with Crippen LogP contribution in [-0.4, -0.2) is 5.71 Å². The Morgan fingerprint density at radius 3 is 2.74 bits per heavy atom. The van der Waals surface area contributed by atoms with Gasteiger partial charge in [0.15, 0.2) is 0 Å². The average molecular weight is 270 g/mol. The second kappa shape index (κ2) is 5.57. The third kappa shape index (κ3) is 2.87. The van der Waals surface area contributed by atoms with E-state index in [1.54, 1.807) is 0 Å². The van der Waals surface area contributed by atoms with Crippen LogP contribution >= 0.6 is 11.3 Å². The van der Waals surface area contributed by atoms with Crippen molar-refractivity contribution in [1.82, 2.24) is 0 Å². The van der Waals surface area contributed by atoms with Crippen molar-refractivity contribution in [3.8, 4) is 0 Å². The van der Waals surface area contributed by atoms with Crippen LogP contribution in [0.25, 0.3) is 0 Å². The average Bonchev–Trinajstić information content (AvgIpc) is 2.70. The first-order valence-electron chi connectivity index (χ1n) is 6.80. The van der Waals surface area contributed by atoms with E-state index in [0.29, 0.717) is 0 Å². The summed E-state index contributed by atoms with van der Waals surface area (Å²) in [7, 11) is 0. The fraction of sp³-hybridized carbons (Fsp3) is 0.312. The van der Waals surface area contributed by atoms with E-state index in [4.69, 9.17) is 0 Å². The van der Waals surface area contributed by atoms with Gasteiger partial charge >= 0.3 is 0 Å². The Labute approximate surface area is 118 Å². The van der Waals surface area contributed by atoms with Gasteiger partial charge in [-0.2, -0.15) is 5.10 Å². The van der Waals surface area contributed by atoms with E-state index in [1.807, 2.05) is 41.7 Å². The lowest BCUT2D eigenvalue weighted by atomic mass is 10.1. The Balaban J connectivity index is 1.87.